The lowest BCUT2D eigenvalue weighted by Gasteiger charge is -2.26. The first kappa shape index (κ1) is 14.5. The molecular weight excluding hydrogens is 282 g/mol. The van der Waals surface area contributed by atoms with Crippen molar-refractivity contribution in [2.45, 2.75) is 0 Å². The summed E-state index contributed by atoms with van der Waals surface area (Å²) in [6, 6.07) is 5.20. The molecule has 0 aromatic heterocycles. The molecule has 2 N–H and O–H groups in total. The Morgan fingerprint density at radius 3 is 3.00 bits per heavy atom. The number of nitrogens with one attached hydrogen (secondary N) is 2. The molecule has 0 bridgehead atoms. The maximum Gasteiger partial charge on any atom is 0.242 e. The SMILES string of the molecule is COc1ccc(NCC(=O)N2CCNC(=O)C2)cc1Cl. The molecule has 0 radical (unpaired) electrons. The van der Waals surface area contributed by atoms with Gasteiger partial charge in [0.05, 0.1) is 25.2 Å². The number of halogens is 1. The fourth-order valence-corrected chi connectivity index (χ4v) is 2.17. The molecule has 1 aliphatic heterocycles. The van der Waals surface area contributed by atoms with Crippen LogP contribution >= 0.6 is 11.6 Å². The topological polar surface area (TPSA) is 70.7 Å². The molecule has 20 heavy (non-hydrogen) atoms. The molecule has 1 aliphatic rings. The number of anilines is 1. The van der Waals surface area contributed by atoms with Gasteiger partial charge in [0, 0.05) is 18.8 Å². The fraction of sp³-hybridized carbons (Fsp3) is 0.385. The largest absolute Gasteiger partial charge is 0.495 e. The van der Waals surface area contributed by atoms with Gasteiger partial charge in [0.15, 0.2) is 0 Å². The smallest absolute Gasteiger partial charge is 0.242 e. The zero-order valence-corrected chi connectivity index (χ0v) is 11.9. The Balaban J connectivity index is 1.89. The molecular formula is C13H16ClN3O3. The summed E-state index contributed by atoms with van der Waals surface area (Å²) in [6.07, 6.45) is 0. The number of rotatable bonds is 4. The number of nitrogens with zero attached hydrogens (tertiary/aromatic N) is 1. The fourth-order valence-electron chi connectivity index (χ4n) is 1.92. The number of ether oxygens (including phenoxy) is 1. The average molecular weight is 298 g/mol. The molecule has 1 saturated heterocycles. The van der Waals surface area contributed by atoms with Gasteiger partial charge in [0.1, 0.15) is 5.75 Å². The molecule has 1 aromatic rings. The number of piperazine rings is 1. The highest BCUT2D eigenvalue weighted by Gasteiger charge is 2.20. The Morgan fingerprint density at radius 1 is 1.55 bits per heavy atom. The standard InChI is InChI=1S/C13H16ClN3O3/c1-20-11-3-2-9(6-10(11)14)16-7-13(19)17-5-4-15-12(18)8-17/h2-3,6,16H,4-5,7-8H2,1H3,(H,15,18). The summed E-state index contributed by atoms with van der Waals surface area (Å²) in [5, 5.41) is 6.14. The van der Waals surface area contributed by atoms with E-state index in [9.17, 15) is 9.59 Å². The highest BCUT2D eigenvalue weighted by atomic mass is 35.5. The van der Waals surface area contributed by atoms with Crippen LogP contribution in [0.2, 0.25) is 5.02 Å². The average Bonchev–Trinajstić information content (AvgIpc) is 2.45. The molecule has 2 rings (SSSR count). The number of hydrogen-bond donors (Lipinski definition) is 2. The molecule has 0 atom stereocenters. The van der Waals surface area contributed by atoms with Crippen molar-refractivity contribution in [3.8, 4) is 5.75 Å². The normalized spacial score (nSPS) is 14.7. The van der Waals surface area contributed by atoms with Gasteiger partial charge in [-0.1, -0.05) is 11.6 Å². The lowest BCUT2D eigenvalue weighted by Crippen LogP contribution is -2.51. The van der Waals surface area contributed by atoms with E-state index in [0.29, 0.717) is 23.9 Å². The molecule has 1 heterocycles. The van der Waals surface area contributed by atoms with Crippen molar-refractivity contribution >= 4 is 29.1 Å². The van der Waals surface area contributed by atoms with E-state index < -0.39 is 0 Å². The van der Waals surface area contributed by atoms with Gasteiger partial charge in [0.2, 0.25) is 11.8 Å². The van der Waals surface area contributed by atoms with E-state index in [1.54, 1.807) is 25.3 Å². The van der Waals surface area contributed by atoms with Gasteiger partial charge >= 0.3 is 0 Å². The first-order valence-corrected chi connectivity index (χ1v) is 6.60. The second-order valence-corrected chi connectivity index (χ2v) is 4.78. The minimum absolute atomic E-state index is 0.115. The van der Waals surface area contributed by atoms with E-state index in [2.05, 4.69) is 10.6 Å². The molecule has 6 nitrogen and oxygen atoms in total. The molecule has 0 spiro atoms. The minimum Gasteiger partial charge on any atom is -0.495 e. The summed E-state index contributed by atoms with van der Waals surface area (Å²) in [5.74, 6) is 0.333. The molecule has 0 unspecified atom stereocenters. The lowest BCUT2D eigenvalue weighted by molar-refractivity contribution is -0.136. The summed E-state index contributed by atoms with van der Waals surface area (Å²) in [4.78, 5) is 24.7. The Morgan fingerprint density at radius 2 is 2.35 bits per heavy atom. The lowest BCUT2D eigenvalue weighted by atomic mass is 10.3. The van der Waals surface area contributed by atoms with Crippen LogP contribution < -0.4 is 15.4 Å². The van der Waals surface area contributed by atoms with Gasteiger partial charge in [0.25, 0.3) is 0 Å². The van der Waals surface area contributed by atoms with E-state index in [4.69, 9.17) is 16.3 Å². The molecule has 0 saturated carbocycles. The number of hydrogen-bond acceptors (Lipinski definition) is 4. The Hall–Kier alpha value is -1.95. The Kier molecular flexibility index (Phi) is 4.68. The summed E-state index contributed by atoms with van der Waals surface area (Å²) in [5.41, 5.74) is 0.727. The highest BCUT2D eigenvalue weighted by molar-refractivity contribution is 6.32. The third-order valence-electron chi connectivity index (χ3n) is 2.99. The number of methoxy groups -OCH3 is 1. The van der Waals surface area contributed by atoms with E-state index in [1.165, 1.54) is 4.90 Å². The monoisotopic (exact) mass is 297 g/mol. The van der Waals surface area contributed by atoms with Crippen molar-refractivity contribution in [3.63, 3.8) is 0 Å². The predicted octanol–water partition coefficient (Wildman–Crippen LogP) is 0.719. The highest BCUT2D eigenvalue weighted by Crippen LogP contribution is 2.27. The van der Waals surface area contributed by atoms with Gasteiger partial charge in [-0.25, -0.2) is 0 Å². The van der Waals surface area contributed by atoms with Crippen molar-refractivity contribution in [1.29, 1.82) is 0 Å². The van der Waals surface area contributed by atoms with Gasteiger partial charge < -0.3 is 20.3 Å². The van der Waals surface area contributed by atoms with Crippen LogP contribution in [0.15, 0.2) is 18.2 Å². The van der Waals surface area contributed by atoms with Gasteiger partial charge in [-0.3, -0.25) is 9.59 Å². The first-order chi connectivity index (χ1) is 9.60. The van der Waals surface area contributed by atoms with E-state index >= 15 is 0 Å². The van der Waals surface area contributed by atoms with Crippen LogP contribution in [0.25, 0.3) is 0 Å². The molecule has 1 aromatic carbocycles. The van der Waals surface area contributed by atoms with Crippen molar-refractivity contribution < 1.29 is 14.3 Å². The van der Waals surface area contributed by atoms with Crippen molar-refractivity contribution in [3.05, 3.63) is 23.2 Å². The maximum absolute atomic E-state index is 12.0. The second-order valence-electron chi connectivity index (χ2n) is 4.37. The van der Waals surface area contributed by atoms with Crippen LogP contribution in [-0.4, -0.2) is 50.0 Å². The number of carbonyl (C=O) groups is 2. The van der Waals surface area contributed by atoms with Gasteiger partial charge in [-0.15, -0.1) is 0 Å². The van der Waals surface area contributed by atoms with Gasteiger partial charge in [-0.05, 0) is 18.2 Å². The van der Waals surface area contributed by atoms with Crippen LogP contribution in [-0.2, 0) is 9.59 Å². The van der Waals surface area contributed by atoms with Crippen LogP contribution in [0.3, 0.4) is 0 Å². The maximum atomic E-state index is 12.0. The quantitative estimate of drug-likeness (QED) is 0.859. The Bertz CT molecular complexity index is 522. The molecule has 2 amide bonds. The zero-order valence-electron chi connectivity index (χ0n) is 11.1. The van der Waals surface area contributed by atoms with Crippen LogP contribution in [0, 0.1) is 0 Å². The molecule has 0 aliphatic carbocycles. The first-order valence-electron chi connectivity index (χ1n) is 6.22. The zero-order chi connectivity index (χ0) is 14.5. The van der Waals surface area contributed by atoms with Crippen LogP contribution in [0.5, 0.6) is 5.75 Å². The molecule has 1 fully saturated rings. The number of amides is 2. The molecule has 7 heteroatoms. The van der Waals surface area contributed by atoms with Crippen LogP contribution in [0.1, 0.15) is 0 Å². The third-order valence-corrected chi connectivity index (χ3v) is 3.28. The Labute approximate surface area is 122 Å². The minimum atomic E-state index is -0.128. The van der Waals surface area contributed by atoms with E-state index in [1.807, 2.05) is 0 Å². The summed E-state index contributed by atoms with van der Waals surface area (Å²) in [6.45, 7) is 1.27. The number of benzene rings is 1. The third kappa shape index (κ3) is 3.54. The predicted molar refractivity (Wildman–Crippen MR) is 76.1 cm³/mol. The van der Waals surface area contributed by atoms with Crippen molar-refractivity contribution in [2.24, 2.45) is 0 Å². The second kappa shape index (κ2) is 6.47. The summed E-state index contributed by atoms with van der Waals surface area (Å²) >= 11 is 6.00. The van der Waals surface area contributed by atoms with Crippen molar-refractivity contribution in [2.75, 3.05) is 38.6 Å². The summed E-state index contributed by atoms with van der Waals surface area (Å²) < 4.78 is 5.05. The van der Waals surface area contributed by atoms with E-state index in [0.717, 1.165) is 5.69 Å². The number of carbonyl (C=O) groups excluding carboxylic acids is 2. The van der Waals surface area contributed by atoms with E-state index in [-0.39, 0.29) is 24.9 Å². The van der Waals surface area contributed by atoms with Crippen molar-refractivity contribution in [1.82, 2.24) is 10.2 Å². The summed E-state index contributed by atoms with van der Waals surface area (Å²) in [7, 11) is 1.54. The molecule has 108 valence electrons. The van der Waals surface area contributed by atoms with Crippen LogP contribution in [0.4, 0.5) is 5.69 Å². The van der Waals surface area contributed by atoms with Gasteiger partial charge in [-0.2, -0.15) is 0 Å².